The maximum atomic E-state index is 12.9. The predicted octanol–water partition coefficient (Wildman–Crippen LogP) is 4.19. The number of thiazole rings is 1. The van der Waals surface area contributed by atoms with Crippen LogP contribution in [0.25, 0.3) is 0 Å². The van der Waals surface area contributed by atoms with Gasteiger partial charge in [0.15, 0.2) is 5.13 Å². The molecule has 3 aromatic rings. The number of nitrogens with zero attached hydrogens (tertiary/aromatic N) is 3. The van der Waals surface area contributed by atoms with Gasteiger partial charge < -0.3 is 4.74 Å². The number of rotatable bonds is 7. The number of benzene rings is 2. The topological polar surface area (TPSA) is 83.9 Å². The van der Waals surface area contributed by atoms with E-state index in [0.717, 1.165) is 11.3 Å². The van der Waals surface area contributed by atoms with Crippen molar-refractivity contribution in [3.8, 4) is 0 Å². The Morgan fingerprint density at radius 3 is 2.55 bits per heavy atom. The van der Waals surface area contributed by atoms with Crippen LogP contribution in [0.2, 0.25) is 0 Å². The van der Waals surface area contributed by atoms with E-state index in [0.29, 0.717) is 29.6 Å². The van der Waals surface area contributed by atoms with Crippen LogP contribution in [0.4, 0.5) is 10.8 Å². The number of nitrogens with one attached hydrogen (secondary N) is 1. The highest BCUT2D eigenvalue weighted by molar-refractivity contribution is 7.14. The minimum Gasteiger partial charge on any atom is -0.466 e. The number of carbonyl (C=O) groups is 2. The lowest BCUT2D eigenvalue weighted by atomic mass is 10.0. The van der Waals surface area contributed by atoms with Crippen LogP contribution in [0.1, 0.15) is 30.6 Å². The van der Waals surface area contributed by atoms with Crippen LogP contribution < -0.4 is 10.3 Å². The Kier molecular flexibility index (Phi) is 6.37. The van der Waals surface area contributed by atoms with Crippen molar-refractivity contribution < 1.29 is 14.3 Å². The predicted molar refractivity (Wildman–Crippen MR) is 121 cm³/mol. The number of carbonyl (C=O) groups excluding carboxylic acids is 2. The summed E-state index contributed by atoms with van der Waals surface area (Å²) >= 11 is 1.27. The van der Waals surface area contributed by atoms with Gasteiger partial charge in [-0.25, -0.2) is 4.98 Å². The minimum absolute atomic E-state index is 0.0694. The smallest absolute Gasteiger partial charge is 0.311 e. The van der Waals surface area contributed by atoms with E-state index >= 15 is 0 Å². The van der Waals surface area contributed by atoms with Gasteiger partial charge in [0, 0.05) is 11.8 Å². The Hall–Kier alpha value is -3.52. The summed E-state index contributed by atoms with van der Waals surface area (Å²) in [5.74, 6) is -0.633. The van der Waals surface area contributed by atoms with E-state index < -0.39 is 0 Å². The normalized spacial score (nSPS) is 15.5. The van der Waals surface area contributed by atoms with Gasteiger partial charge in [0.05, 0.1) is 30.5 Å². The lowest BCUT2D eigenvalue weighted by molar-refractivity contribution is -0.142. The Morgan fingerprint density at radius 1 is 1.13 bits per heavy atom. The summed E-state index contributed by atoms with van der Waals surface area (Å²) in [5.41, 5.74) is 3.01. The molecule has 0 saturated carbocycles. The van der Waals surface area contributed by atoms with Crippen LogP contribution in [-0.4, -0.2) is 29.2 Å². The Balaban J connectivity index is 1.50. The maximum Gasteiger partial charge on any atom is 0.311 e. The summed E-state index contributed by atoms with van der Waals surface area (Å²) < 4.78 is 4.94. The van der Waals surface area contributed by atoms with Gasteiger partial charge in [-0.2, -0.15) is 5.10 Å². The number of para-hydroxylation sites is 1. The van der Waals surface area contributed by atoms with Gasteiger partial charge in [-0.05, 0) is 24.6 Å². The standard InChI is InChI=1S/C23H22N4O3S/c1-2-30-21(28)13-17-15-31-23(24-17)25-22(29)19-14-20(16-9-5-3-6-10-16)27(26-19)18-11-7-4-8-12-18/h3-12,15,20H,2,13-14H2,1H3,(H,24,25,29)/t20-/m1/s1. The fourth-order valence-corrected chi connectivity index (χ4v) is 4.08. The van der Waals surface area contributed by atoms with E-state index in [-0.39, 0.29) is 24.3 Å². The lowest BCUT2D eigenvalue weighted by Crippen LogP contribution is -2.22. The van der Waals surface area contributed by atoms with E-state index in [1.54, 1.807) is 12.3 Å². The van der Waals surface area contributed by atoms with Crippen molar-refractivity contribution >= 4 is 39.7 Å². The number of aromatic nitrogens is 1. The van der Waals surface area contributed by atoms with Crippen molar-refractivity contribution in [2.24, 2.45) is 5.10 Å². The first-order chi connectivity index (χ1) is 15.1. The zero-order valence-corrected chi connectivity index (χ0v) is 17.8. The molecular formula is C23H22N4O3S. The first-order valence-corrected chi connectivity index (χ1v) is 10.9. The highest BCUT2D eigenvalue weighted by Gasteiger charge is 2.32. The molecule has 0 fully saturated rings. The van der Waals surface area contributed by atoms with Crippen LogP contribution in [-0.2, 0) is 20.7 Å². The summed E-state index contributed by atoms with van der Waals surface area (Å²) in [6.45, 7) is 2.08. The molecule has 2 heterocycles. The number of amides is 1. The highest BCUT2D eigenvalue weighted by Crippen LogP contribution is 2.35. The Bertz CT molecular complexity index is 1080. The second kappa shape index (κ2) is 9.53. The molecule has 0 spiro atoms. The third-order valence-electron chi connectivity index (χ3n) is 4.78. The zero-order chi connectivity index (χ0) is 21.6. The largest absolute Gasteiger partial charge is 0.466 e. The van der Waals surface area contributed by atoms with E-state index in [4.69, 9.17) is 4.74 Å². The van der Waals surface area contributed by atoms with Crippen molar-refractivity contribution in [3.05, 3.63) is 77.3 Å². The van der Waals surface area contributed by atoms with Crippen LogP contribution in [0, 0.1) is 0 Å². The Morgan fingerprint density at radius 2 is 1.84 bits per heavy atom. The van der Waals surface area contributed by atoms with Crippen LogP contribution in [0.15, 0.2) is 71.1 Å². The van der Waals surface area contributed by atoms with Gasteiger partial charge >= 0.3 is 5.97 Å². The van der Waals surface area contributed by atoms with E-state index in [1.165, 1.54) is 11.3 Å². The monoisotopic (exact) mass is 434 g/mol. The fourth-order valence-electron chi connectivity index (χ4n) is 3.38. The third kappa shape index (κ3) is 4.97. The molecule has 0 saturated heterocycles. The van der Waals surface area contributed by atoms with Crippen molar-refractivity contribution in [2.45, 2.75) is 25.8 Å². The molecule has 31 heavy (non-hydrogen) atoms. The summed E-state index contributed by atoms with van der Waals surface area (Å²) in [7, 11) is 0. The fraction of sp³-hybridized carbons (Fsp3) is 0.217. The summed E-state index contributed by atoms with van der Waals surface area (Å²) in [6, 6.07) is 19.7. The molecule has 1 atom stereocenters. The van der Waals surface area contributed by atoms with Crippen molar-refractivity contribution in [1.82, 2.24) is 4.98 Å². The molecule has 1 aliphatic heterocycles. The van der Waals surface area contributed by atoms with Crippen LogP contribution in [0.5, 0.6) is 0 Å². The summed E-state index contributed by atoms with van der Waals surface area (Å²) in [4.78, 5) is 28.8. The quantitative estimate of drug-likeness (QED) is 0.564. The number of hydrogen-bond acceptors (Lipinski definition) is 7. The molecule has 158 valence electrons. The van der Waals surface area contributed by atoms with Gasteiger partial charge in [0.25, 0.3) is 5.91 Å². The van der Waals surface area contributed by atoms with Crippen LogP contribution >= 0.6 is 11.3 Å². The molecule has 1 amide bonds. The third-order valence-corrected chi connectivity index (χ3v) is 5.59. The number of anilines is 2. The molecular weight excluding hydrogens is 412 g/mol. The van der Waals surface area contributed by atoms with Crippen molar-refractivity contribution in [3.63, 3.8) is 0 Å². The van der Waals surface area contributed by atoms with E-state index in [1.807, 2.05) is 65.7 Å². The van der Waals surface area contributed by atoms with E-state index in [9.17, 15) is 9.59 Å². The molecule has 7 nitrogen and oxygen atoms in total. The molecule has 1 N–H and O–H groups in total. The van der Waals surface area contributed by atoms with Gasteiger partial charge in [0.1, 0.15) is 5.71 Å². The minimum atomic E-state index is -0.338. The lowest BCUT2D eigenvalue weighted by Gasteiger charge is -2.23. The number of hydrogen-bond donors (Lipinski definition) is 1. The SMILES string of the molecule is CCOC(=O)Cc1csc(NC(=O)C2=NN(c3ccccc3)[C@@H](c3ccccc3)C2)n1. The van der Waals surface area contributed by atoms with Crippen molar-refractivity contribution in [1.29, 1.82) is 0 Å². The molecule has 2 aromatic carbocycles. The van der Waals surface area contributed by atoms with E-state index in [2.05, 4.69) is 15.4 Å². The molecule has 1 aromatic heterocycles. The zero-order valence-electron chi connectivity index (χ0n) is 17.0. The second-order valence-electron chi connectivity index (χ2n) is 6.94. The summed E-state index contributed by atoms with van der Waals surface area (Å²) in [5, 5.41) is 11.5. The first-order valence-electron chi connectivity index (χ1n) is 10.0. The summed E-state index contributed by atoms with van der Waals surface area (Å²) in [6.07, 6.45) is 0.560. The van der Waals surface area contributed by atoms with Gasteiger partial charge in [-0.15, -0.1) is 11.3 Å². The van der Waals surface area contributed by atoms with Gasteiger partial charge in [-0.3, -0.25) is 19.9 Å². The second-order valence-corrected chi connectivity index (χ2v) is 7.80. The van der Waals surface area contributed by atoms with Crippen molar-refractivity contribution in [2.75, 3.05) is 16.9 Å². The molecule has 4 rings (SSSR count). The number of esters is 1. The average molecular weight is 435 g/mol. The molecule has 0 unspecified atom stereocenters. The Labute approximate surface area is 184 Å². The number of hydrazone groups is 1. The first kappa shape index (κ1) is 20.7. The van der Waals surface area contributed by atoms with Crippen LogP contribution in [0.3, 0.4) is 0 Å². The maximum absolute atomic E-state index is 12.9. The van der Waals surface area contributed by atoms with Gasteiger partial charge in [0.2, 0.25) is 0 Å². The molecule has 0 aliphatic carbocycles. The number of ether oxygens (including phenoxy) is 1. The molecule has 1 aliphatic rings. The average Bonchev–Trinajstić information content (AvgIpc) is 3.42. The molecule has 0 bridgehead atoms. The molecule has 8 heteroatoms. The highest BCUT2D eigenvalue weighted by atomic mass is 32.1. The van der Waals surface area contributed by atoms with Gasteiger partial charge in [-0.1, -0.05) is 48.5 Å². The molecule has 0 radical (unpaired) electrons.